The maximum atomic E-state index is 12.3. The number of nitrogens with zero attached hydrogens (tertiary/aromatic N) is 2. The number of rotatable bonds is 1. The van der Waals surface area contributed by atoms with Crippen LogP contribution in [0.1, 0.15) is 12.8 Å². The fourth-order valence-electron chi connectivity index (χ4n) is 3.12. The van der Waals surface area contributed by atoms with Gasteiger partial charge in [0.05, 0.1) is 6.61 Å². The lowest BCUT2D eigenvalue weighted by Crippen LogP contribution is -2.57. The van der Waals surface area contributed by atoms with Crippen molar-refractivity contribution in [2.24, 2.45) is 0 Å². The van der Waals surface area contributed by atoms with Gasteiger partial charge in [0.2, 0.25) is 0 Å². The minimum atomic E-state index is -0.253. The van der Waals surface area contributed by atoms with E-state index in [1.54, 1.807) is 0 Å². The van der Waals surface area contributed by atoms with Crippen LogP contribution < -0.4 is 5.32 Å². The molecule has 1 N–H and O–H groups in total. The van der Waals surface area contributed by atoms with E-state index in [1.807, 2.05) is 4.90 Å². The van der Waals surface area contributed by atoms with E-state index >= 15 is 0 Å². The summed E-state index contributed by atoms with van der Waals surface area (Å²) in [6.07, 6.45) is 2.28. The second-order valence-corrected chi connectivity index (χ2v) is 5.18. The Morgan fingerprint density at radius 2 is 2.24 bits per heavy atom. The van der Waals surface area contributed by atoms with E-state index < -0.39 is 0 Å². The molecule has 5 heteroatoms. The van der Waals surface area contributed by atoms with Gasteiger partial charge in [-0.2, -0.15) is 0 Å². The molecule has 1 amide bonds. The molecular weight excluding hydrogens is 218 g/mol. The lowest BCUT2D eigenvalue weighted by molar-refractivity contribution is -0.147. The molecule has 0 aliphatic carbocycles. The number of carbonyl (C=O) groups is 1. The molecule has 3 heterocycles. The molecule has 0 radical (unpaired) electrons. The Kier molecular flexibility index (Phi) is 3.31. The Bertz CT molecular complexity index is 291. The summed E-state index contributed by atoms with van der Waals surface area (Å²) in [7, 11) is 0. The minimum Gasteiger partial charge on any atom is -0.366 e. The highest BCUT2D eigenvalue weighted by Gasteiger charge is 2.35. The molecule has 0 aromatic heterocycles. The molecule has 0 bridgehead atoms. The fourth-order valence-corrected chi connectivity index (χ4v) is 3.12. The van der Waals surface area contributed by atoms with Crippen LogP contribution in [-0.2, 0) is 9.53 Å². The van der Waals surface area contributed by atoms with Crippen LogP contribution in [-0.4, -0.2) is 73.7 Å². The molecular formula is C12H21N3O2. The van der Waals surface area contributed by atoms with Crippen molar-refractivity contribution in [3.63, 3.8) is 0 Å². The van der Waals surface area contributed by atoms with E-state index in [2.05, 4.69) is 10.2 Å². The Morgan fingerprint density at radius 1 is 1.29 bits per heavy atom. The van der Waals surface area contributed by atoms with Gasteiger partial charge in [0.25, 0.3) is 5.91 Å². The van der Waals surface area contributed by atoms with Crippen molar-refractivity contribution in [1.29, 1.82) is 0 Å². The molecule has 5 nitrogen and oxygen atoms in total. The Hall–Kier alpha value is -0.650. The number of carbonyl (C=O) groups excluding carboxylic acids is 1. The van der Waals surface area contributed by atoms with E-state index in [4.69, 9.17) is 4.74 Å². The van der Waals surface area contributed by atoms with Crippen molar-refractivity contribution >= 4 is 5.91 Å². The van der Waals surface area contributed by atoms with E-state index in [-0.39, 0.29) is 12.0 Å². The highest BCUT2D eigenvalue weighted by molar-refractivity contribution is 5.81. The highest BCUT2D eigenvalue weighted by atomic mass is 16.5. The normalized spacial score (nSPS) is 34.7. The van der Waals surface area contributed by atoms with E-state index in [0.29, 0.717) is 19.2 Å². The standard InChI is InChI=1S/C12H21N3O2/c16-12(11-8-13-3-7-17-11)15-6-5-14-4-1-2-10(14)9-15/h10-11,13H,1-9H2. The third-order valence-electron chi connectivity index (χ3n) is 4.10. The number of piperazine rings is 1. The van der Waals surface area contributed by atoms with E-state index in [1.165, 1.54) is 19.4 Å². The molecule has 3 aliphatic rings. The molecule has 0 aromatic carbocycles. The molecule has 3 rings (SSSR count). The summed E-state index contributed by atoms with van der Waals surface area (Å²) < 4.78 is 5.54. The molecule has 0 aromatic rings. The van der Waals surface area contributed by atoms with Gasteiger partial charge in [0.1, 0.15) is 6.10 Å². The lowest BCUT2D eigenvalue weighted by atomic mass is 10.1. The third kappa shape index (κ3) is 2.32. The first kappa shape index (κ1) is 11.4. The van der Waals surface area contributed by atoms with Crippen LogP contribution in [0, 0.1) is 0 Å². The van der Waals surface area contributed by atoms with Crippen LogP contribution in [0.5, 0.6) is 0 Å². The maximum absolute atomic E-state index is 12.3. The number of ether oxygens (including phenoxy) is 1. The summed E-state index contributed by atoms with van der Waals surface area (Å²) in [6, 6.07) is 0.601. The average Bonchev–Trinajstić information content (AvgIpc) is 2.86. The quantitative estimate of drug-likeness (QED) is 0.656. The number of morpholine rings is 1. The summed E-state index contributed by atoms with van der Waals surface area (Å²) in [4.78, 5) is 16.8. The van der Waals surface area contributed by atoms with Gasteiger partial charge in [0, 0.05) is 38.8 Å². The van der Waals surface area contributed by atoms with Crippen molar-refractivity contribution in [3.05, 3.63) is 0 Å². The third-order valence-corrected chi connectivity index (χ3v) is 4.10. The number of nitrogens with one attached hydrogen (secondary N) is 1. The van der Waals surface area contributed by atoms with Gasteiger partial charge in [-0.15, -0.1) is 0 Å². The molecule has 96 valence electrons. The second-order valence-electron chi connectivity index (χ2n) is 5.18. The van der Waals surface area contributed by atoms with Gasteiger partial charge in [-0.05, 0) is 19.4 Å². The van der Waals surface area contributed by atoms with Crippen molar-refractivity contribution in [2.45, 2.75) is 25.0 Å². The Morgan fingerprint density at radius 3 is 3.06 bits per heavy atom. The predicted octanol–water partition coefficient (Wildman–Crippen LogP) is -0.719. The molecule has 3 saturated heterocycles. The van der Waals surface area contributed by atoms with Crippen molar-refractivity contribution in [1.82, 2.24) is 15.1 Å². The smallest absolute Gasteiger partial charge is 0.253 e. The number of fused-ring (bicyclic) bond motifs is 1. The largest absolute Gasteiger partial charge is 0.366 e. The first-order chi connectivity index (χ1) is 8.34. The van der Waals surface area contributed by atoms with Gasteiger partial charge in [-0.25, -0.2) is 0 Å². The van der Waals surface area contributed by atoms with Gasteiger partial charge >= 0.3 is 0 Å². The van der Waals surface area contributed by atoms with Gasteiger partial charge in [0.15, 0.2) is 0 Å². The van der Waals surface area contributed by atoms with Crippen LogP contribution in [0.4, 0.5) is 0 Å². The zero-order valence-corrected chi connectivity index (χ0v) is 10.2. The topological polar surface area (TPSA) is 44.8 Å². The highest BCUT2D eigenvalue weighted by Crippen LogP contribution is 2.22. The monoisotopic (exact) mass is 239 g/mol. The molecule has 0 spiro atoms. The molecule has 3 aliphatic heterocycles. The average molecular weight is 239 g/mol. The van der Waals surface area contributed by atoms with Crippen LogP contribution in [0.3, 0.4) is 0 Å². The van der Waals surface area contributed by atoms with Crippen molar-refractivity contribution in [3.8, 4) is 0 Å². The van der Waals surface area contributed by atoms with E-state index in [0.717, 1.165) is 26.2 Å². The van der Waals surface area contributed by atoms with Crippen LogP contribution in [0.15, 0.2) is 0 Å². The summed E-state index contributed by atoms with van der Waals surface area (Å²) in [5.74, 6) is 0.184. The molecule has 0 saturated carbocycles. The first-order valence-corrected chi connectivity index (χ1v) is 6.70. The van der Waals surface area contributed by atoms with E-state index in [9.17, 15) is 4.79 Å². The van der Waals surface area contributed by atoms with Crippen LogP contribution in [0.2, 0.25) is 0 Å². The number of hydrogen-bond donors (Lipinski definition) is 1. The van der Waals surface area contributed by atoms with Crippen LogP contribution >= 0.6 is 0 Å². The fraction of sp³-hybridized carbons (Fsp3) is 0.917. The van der Waals surface area contributed by atoms with Crippen molar-refractivity contribution in [2.75, 3.05) is 45.9 Å². The Balaban J connectivity index is 1.58. The predicted molar refractivity (Wildman–Crippen MR) is 63.8 cm³/mol. The maximum Gasteiger partial charge on any atom is 0.253 e. The summed E-state index contributed by atoms with van der Waals surface area (Å²) in [5, 5.41) is 3.22. The molecule has 17 heavy (non-hydrogen) atoms. The van der Waals surface area contributed by atoms with Crippen LogP contribution in [0.25, 0.3) is 0 Å². The van der Waals surface area contributed by atoms with Crippen molar-refractivity contribution < 1.29 is 9.53 Å². The van der Waals surface area contributed by atoms with Gasteiger partial charge in [-0.1, -0.05) is 0 Å². The molecule has 2 atom stereocenters. The minimum absolute atomic E-state index is 0.184. The summed E-state index contributed by atoms with van der Waals surface area (Å²) in [5.41, 5.74) is 0. The number of amides is 1. The Labute approximate surface area is 102 Å². The summed E-state index contributed by atoms with van der Waals surface area (Å²) in [6.45, 7) is 6.21. The zero-order chi connectivity index (χ0) is 11.7. The SMILES string of the molecule is O=C(C1CNCCO1)N1CCN2CCCC2C1. The molecule has 3 fully saturated rings. The van der Waals surface area contributed by atoms with Gasteiger partial charge < -0.3 is 15.0 Å². The molecule has 2 unspecified atom stereocenters. The summed E-state index contributed by atoms with van der Waals surface area (Å²) >= 11 is 0. The first-order valence-electron chi connectivity index (χ1n) is 6.70. The second kappa shape index (κ2) is 4.92. The van der Waals surface area contributed by atoms with Gasteiger partial charge in [-0.3, -0.25) is 9.69 Å². The number of hydrogen-bond acceptors (Lipinski definition) is 4. The lowest BCUT2D eigenvalue weighted by Gasteiger charge is -2.39. The zero-order valence-electron chi connectivity index (χ0n) is 10.2.